The Morgan fingerprint density at radius 1 is 0.842 bits per heavy atom. The Kier molecular flexibility index (Phi) is 7.42. The fourth-order valence-corrected chi connectivity index (χ4v) is 4.13. The topological polar surface area (TPSA) is 0 Å². The fourth-order valence-electron chi connectivity index (χ4n) is 4.13. The minimum atomic E-state index is 0.635. The van der Waals surface area contributed by atoms with Gasteiger partial charge in [-0.1, -0.05) is 40.0 Å². The maximum absolute atomic E-state index is 2.52. The third-order valence-electron chi connectivity index (χ3n) is 5.33. The molecule has 0 radical (unpaired) electrons. The first-order chi connectivity index (χ1) is 9.04. The van der Waals surface area contributed by atoms with Gasteiger partial charge in [0, 0.05) is 12.8 Å². The van der Waals surface area contributed by atoms with E-state index < -0.39 is 0 Å². The van der Waals surface area contributed by atoms with Crippen molar-refractivity contribution in [3.8, 4) is 0 Å². The van der Waals surface area contributed by atoms with Crippen LogP contribution in [0.2, 0.25) is 0 Å². The van der Waals surface area contributed by atoms with Gasteiger partial charge in [0.15, 0.2) is 0 Å². The second-order valence-electron chi connectivity index (χ2n) is 7.62. The van der Waals surface area contributed by atoms with Crippen LogP contribution in [0.4, 0.5) is 0 Å². The highest BCUT2D eigenvalue weighted by Crippen LogP contribution is 2.35. The van der Waals surface area contributed by atoms with Crippen LogP contribution in [0.1, 0.15) is 85.0 Å². The minimum Gasteiger partial charge on any atom is -0.326 e. The number of nitrogens with zero attached hydrogens (tertiary/aromatic N) is 1. The predicted molar refractivity (Wildman–Crippen MR) is 86.4 cm³/mol. The predicted octanol–water partition coefficient (Wildman–Crippen LogP) is 5.39. The van der Waals surface area contributed by atoms with E-state index in [0.717, 1.165) is 0 Å². The van der Waals surface area contributed by atoms with Crippen LogP contribution in [-0.4, -0.2) is 31.2 Å². The van der Waals surface area contributed by atoms with Crippen molar-refractivity contribution in [2.24, 2.45) is 5.41 Å². The van der Waals surface area contributed by atoms with Crippen molar-refractivity contribution in [3.05, 3.63) is 0 Å². The quantitative estimate of drug-likeness (QED) is 0.368. The summed E-state index contributed by atoms with van der Waals surface area (Å²) >= 11 is 0. The number of unbranched alkanes of at least 4 members (excludes halogenated alkanes) is 2. The van der Waals surface area contributed by atoms with E-state index in [9.17, 15) is 0 Å². The molecule has 1 heteroatoms. The molecule has 0 unspecified atom stereocenters. The van der Waals surface area contributed by atoms with Crippen LogP contribution in [0, 0.1) is 5.41 Å². The van der Waals surface area contributed by atoms with Gasteiger partial charge in [-0.05, 0) is 37.5 Å². The summed E-state index contributed by atoms with van der Waals surface area (Å²) in [6.07, 6.45) is 14.3. The molecule has 0 bridgehead atoms. The summed E-state index contributed by atoms with van der Waals surface area (Å²) in [6.45, 7) is 11.5. The zero-order valence-corrected chi connectivity index (χ0v) is 14.1. The first-order valence-electron chi connectivity index (χ1n) is 8.87. The summed E-state index contributed by atoms with van der Waals surface area (Å²) in [6, 6.07) is 0. The van der Waals surface area contributed by atoms with Crippen LogP contribution in [0.15, 0.2) is 0 Å². The maximum Gasteiger partial charge on any atom is 0.0786 e. The molecule has 0 aromatic carbocycles. The van der Waals surface area contributed by atoms with Gasteiger partial charge in [-0.2, -0.15) is 0 Å². The van der Waals surface area contributed by atoms with Gasteiger partial charge in [-0.25, -0.2) is 0 Å². The average Bonchev–Trinajstić information content (AvgIpc) is 2.76. The number of likely N-dealkylation sites (tertiary alicyclic amines) is 1. The van der Waals surface area contributed by atoms with Crippen LogP contribution < -0.4 is 0 Å². The van der Waals surface area contributed by atoms with Gasteiger partial charge in [0.25, 0.3) is 0 Å². The highest BCUT2D eigenvalue weighted by Gasteiger charge is 2.26. The summed E-state index contributed by atoms with van der Waals surface area (Å²) in [5.41, 5.74) is 0.635. The number of rotatable bonds is 10. The van der Waals surface area contributed by atoms with Crippen LogP contribution in [0.3, 0.4) is 0 Å². The van der Waals surface area contributed by atoms with Crippen LogP contribution in [0.5, 0.6) is 0 Å². The first-order valence-corrected chi connectivity index (χ1v) is 8.87. The van der Waals surface area contributed by atoms with Gasteiger partial charge < -0.3 is 4.48 Å². The molecule has 1 aliphatic rings. The van der Waals surface area contributed by atoms with E-state index in [0.29, 0.717) is 5.41 Å². The largest absolute Gasteiger partial charge is 0.326 e. The lowest BCUT2D eigenvalue weighted by molar-refractivity contribution is -0.897. The summed E-state index contributed by atoms with van der Waals surface area (Å²) < 4.78 is 1.36. The van der Waals surface area contributed by atoms with Gasteiger partial charge >= 0.3 is 0 Å². The van der Waals surface area contributed by atoms with E-state index in [-0.39, 0.29) is 0 Å². The molecular formula is C18H38N+. The molecule has 0 spiro atoms. The molecule has 19 heavy (non-hydrogen) atoms. The Morgan fingerprint density at radius 2 is 1.42 bits per heavy atom. The van der Waals surface area contributed by atoms with Crippen molar-refractivity contribution in [3.63, 3.8) is 0 Å². The molecule has 1 aliphatic heterocycles. The lowest BCUT2D eigenvalue weighted by Crippen LogP contribution is -2.41. The summed E-state index contributed by atoms with van der Waals surface area (Å²) in [7, 11) is 2.46. The van der Waals surface area contributed by atoms with Crippen molar-refractivity contribution in [2.45, 2.75) is 85.0 Å². The van der Waals surface area contributed by atoms with E-state index >= 15 is 0 Å². The zero-order valence-electron chi connectivity index (χ0n) is 14.1. The van der Waals surface area contributed by atoms with Crippen molar-refractivity contribution in [2.75, 3.05) is 26.7 Å². The molecular weight excluding hydrogens is 230 g/mol. The molecule has 0 aliphatic carbocycles. The highest BCUT2D eigenvalue weighted by molar-refractivity contribution is 4.73. The molecule has 1 heterocycles. The van der Waals surface area contributed by atoms with Gasteiger partial charge in [0.1, 0.15) is 0 Å². The molecule has 0 aromatic heterocycles. The van der Waals surface area contributed by atoms with Crippen molar-refractivity contribution < 1.29 is 4.48 Å². The first kappa shape index (κ1) is 17.0. The smallest absolute Gasteiger partial charge is 0.0786 e. The van der Waals surface area contributed by atoms with Crippen LogP contribution in [-0.2, 0) is 0 Å². The minimum absolute atomic E-state index is 0.635. The molecule has 0 atom stereocenters. The average molecular weight is 269 g/mol. The third-order valence-corrected chi connectivity index (χ3v) is 5.33. The second-order valence-corrected chi connectivity index (χ2v) is 7.62. The fraction of sp³-hybridized carbons (Fsp3) is 1.00. The lowest BCUT2D eigenvalue weighted by atomic mass is 9.77. The standard InChI is InChI=1S/C18H38N/c1-5-12-18(3,13-6-2)14-8-7-9-15-19(4)16-10-11-17-19/h5-17H2,1-4H3/q+1. The van der Waals surface area contributed by atoms with E-state index in [1.165, 1.54) is 88.3 Å². The van der Waals surface area contributed by atoms with Crippen molar-refractivity contribution >= 4 is 0 Å². The zero-order chi connectivity index (χ0) is 14.2. The molecule has 1 nitrogen and oxygen atoms in total. The van der Waals surface area contributed by atoms with Gasteiger partial charge in [0.05, 0.1) is 26.7 Å². The number of hydrogen-bond donors (Lipinski definition) is 0. The lowest BCUT2D eigenvalue weighted by Gasteiger charge is -2.30. The number of quaternary nitrogens is 1. The van der Waals surface area contributed by atoms with Gasteiger partial charge in [-0.15, -0.1) is 0 Å². The molecule has 0 amide bonds. The van der Waals surface area contributed by atoms with Crippen molar-refractivity contribution in [1.29, 1.82) is 0 Å². The maximum atomic E-state index is 2.52. The Bertz CT molecular complexity index is 222. The van der Waals surface area contributed by atoms with Crippen LogP contribution in [0.25, 0.3) is 0 Å². The van der Waals surface area contributed by atoms with E-state index in [1.54, 1.807) is 0 Å². The second kappa shape index (κ2) is 8.29. The molecule has 1 fully saturated rings. The third kappa shape index (κ3) is 6.29. The molecule has 1 saturated heterocycles. The Hall–Kier alpha value is -0.0400. The number of hydrogen-bond acceptors (Lipinski definition) is 0. The van der Waals surface area contributed by atoms with E-state index in [2.05, 4.69) is 27.8 Å². The van der Waals surface area contributed by atoms with Gasteiger partial charge in [-0.3, -0.25) is 0 Å². The van der Waals surface area contributed by atoms with E-state index in [1.807, 2.05) is 0 Å². The van der Waals surface area contributed by atoms with Crippen molar-refractivity contribution in [1.82, 2.24) is 0 Å². The highest BCUT2D eigenvalue weighted by atomic mass is 15.3. The van der Waals surface area contributed by atoms with Gasteiger partial charge in [0.2, 0.25) is 0 Å². The monoisotopic (exact) mass is 268 g/mol. The van der Waals surface area contributed by atoms with Crippen LogP contribution >= 0.6 is 0 Å². The molecule has 1 rings (SSSR count). The van der Waals surface area contributed by atoms with E-state index in [4.69, 9.17) is 0 Å². The molecule has 0 aromatic rings. The normalized spacial score (nSPS) is 18.9. The molecule has 0 saturated carbocycles. The summed E-state index contributed by atoms with van der Waals surface area (Å²) in [5.74, 6) is 0. The Balaban J connectivity index is 2.14. The Morgan fingerprint density at radius 3 is 1.95 bits per heavy atom. The summed E-state index contributed by atoms with van der Waals surface area (Å²) in [5, 5.41) is 0. The Labute approximate surface area is 122 Å². The summed E-state index contributed by atoms with van der Waals surface area (Å²) in [4.78, 5) is 0. The molecule has 0 N–H and O–H groups in total. The SMILES string of the molecule is CCCC(C)(CCC)CCCCC[N+]1(C)CCCC1. The molecule has 114 valence electrons.